The van der Waals surface area contributed by atoms with Crippen LogP contribution in [0.3, 0.4) is 0 Å². The lowest BCUT2D eigenvalue weighted by Gasteiger charge is -2.16. The summed E-state index contributed by atoms with van der Waals surface area (Å²) in [6.45, 7) is 0.761. The van der Waals surface area contributed by atoms with Crippen molar-refractivity contribution in [1.82, 2.24) is 4.98 Å². The SMILES string of the molecule is O=C(Nc1ccc(N2CCCC2=O)cc1)c1cc(C2CC2)nc2ccccc12. The van der Waals surface area contributed by atoms with Crippen LogP contribution in [0.4, 0.5) is 11.4 Å². The summed E-state index contributed by atoms with van der Waals surface area (Å²) in [5.74, 6) is 0.506. The lowest BCUT2D eigenvalue weighted by molar-refractivity contribution is -0.117. The Balaban J connectivity index is 1.42. The molecule has 1 aliphatic carbocycles. The fourth-order valence-electron chi connectivity index (χ4n) is 3.82. The molecule has 0 atom stereocenters. The number of benzene rings is 2. The summed E-state index contributed by atoms with van der Waals surface area (Å²) in [7, 11) is 0. The van der Waals surface area contributed by atoms with Crippen molar-refractivity contribution in [3.8, 4) is 0 Å². The Bertz CT molecular complexity index is 1070. The van der Waals surface area contributed by atoms with Crippen LogP contribution in [0.5, 0.6) is 0 Å². The minimum atomic E-state index is -0.134. The van der Waals surface area contributed by atoms with Crippen molar-refractivity contribution in [3.63, 3.8) is 0 Å². The first kappa shape index (κ1) is 16.9. The molecule has 0 spiro atoms. The highest BCUT2D eigenvalue weighted by Crippen LogP contribution is 2.40. The summed E-state index contributed by atoms with van der Waals surface area (Å²) in [4.78, 5) is 31.4. The molecule has 2 amide bonds. The van der Waals surface area contributed by atoms with E-state index in [-0.39, 0.29) is 11.8 Å². The third-order valence-electron chi connectivity index (χ3n) is 5.49. The maximum Gasteiger partial charge on any atom is 0.256 e. The molecule has 2 heterocycles. The molecule has 1 N–H and O–H groups in total. The number of anilines is 2. The fraction of sp³-hybridized carbons (Fsp3) is 0.261. The van der Waals surface area contributed by atoms with Crippen LogP contribution >= 0.6 is 0 Å². The standard InChI is InChI=1S/C23H21N3O2/c27-22-6-3-13-26(22)17-11-9-16(10-12-17)24-23(28)19-14-21(15-7-8-15)25-20-5-2-1-4-18(19)20/h1-2,4-5,9-12,14-15H,3,6-8,13H2,(H,24,28). The molecule has 140 valence electrons. The van der Waals surface area contributed by atoms with E-state index in [2.05, 4.69) is 5.32 Å². The second kappa shape index (κ2) is 6.75. The second-order valence-corrected chi connectivity index (χ2v) is 7.54. The molecule has 1 aliphatic heterocycles. The van der Waals surface area contributed by atoms with Gasteiger partial charge in [0.2, 0.25) is 5.91 Å². The Morgan fingerprint density at radius 2 is 1.86 bits per heavy atom. The highest BCUT2D eigenvalue weighted by atomic mass is 16.2. The molecule has 1 saturated carbocycles. The lowest BCUT2D eigenvalue weighted by atomic mass is 10.1. The molecule has 5 nitrogen and oxygen atoms in total. The summed E-state index contributed by atoms with van der Waals surface area (Å²) < 4.78 is 0. The molecule has 5 heteroatoms. The van der Waals surface area contributed by atoms with Crippen molar-refractivity contribution in [3.05, 3.63) is 65.9 Å². The highest BCUT2D eigenvalue weighted by Gasteiger charge is 2.27. The van der Waals surface area contributed by atoms with Gasteiger partial charge in [-0.15, -0.1) is 0 Å². The van der Waals surface area contributed by atoms with Gasteiger partial charge in [0.15, 0.2) is 0 Å². The number of carbonyl (C=O) groups excluding carboxylic acids is 2. The molecule has 2 fully saturated rings. The van der Waals surface area contributed by atoms with Gasteiger partial charge < -0.3 is 10.2 Å². The molecule has 2 aromatic carbocycles. The Morgan fingerprint density at radius 3 is 2.57 bits per heavy atom. The van der Waals surface area contributed by atoms with E-state index in [1.165, 1.54) is 0 Å². The highest BCUT2D eigenvalue weighted by molar-refractivity contribution is 6.12. The number of nitrogens with zero attached hydrogens (tertiary/aromatic N) is 2. The van der Waals surface area contributed by atoms with Gasteiger partial charge in [-0.25, -0.2) is 0 Å². The first-order valence-electron chi connectivity index (χ1n) is 9.80. The zero-order valence-electron chi connectivity index (χ0n) is 15.5. The minimum absolute atomic E-state index is 0.134. The van der Waals surface area contributed by atoms with E-state index in [0.717, 1.165) is 48.1 Å². The van der Waals surface area contributed by atoms with Gasteiger partial charge in [-0.3, -0.25) is 14.6 Å². The lowest BCUT2D eigenvalue weighted by Crippen LogP contribution is -2.23. The van der Waals surface area contributed by atoms with Crippen LogP contribution in [0.1, 0.15) is 47.7 Å². The van der Waals surface area contributed by atoms with Crippen LogP contribution in [0.25, 0.3) is 10.9 Å². The Kier molecular flexibility index (Phi) is 4.08. The Labute approximate surface area is 163 Å². The molecule has 0 bridgehead atoms. The molecular weight excluding hydrogens is 350 g/mol. The predicted octanol–water partition coefficient (Wildman–Crippen LogP) is 4.49. The van der Waals surface area contributed by atoms with Gasteiger partial charge in [0.05, 0.1) is 11.1 Å². The summed E-state index contributed by atoms with van der Waals surface area (Å²) in [6, 6.07) is 17.2. The number of nitrogens with one attached hydrogen (secondary N) is 1. The summed E-state index contributed by atoms with van der Waals surface area (Å²) >= 11 is 0. The largest absolute Gasteiger partial charge is 0.322 e. The third-order valence-corrected chi connectivity index (χ3v) is 5.49. The van der Waals surface area contributed by atoms with E-state index in [0.29, 0.717) is 23.6 Å². The number of pyridine rings is 1. The minimum Gasteiger partial charge on any atom is -0.322 e. The first-order valence-corrected chi connectivity index (χ1v) is 9.80. The van der Waals surface area contributed by atoms with Crippen LogP contribution in [0.15, 0.2) is 54.6 Å². The first-order chi connectivity index (χ1) is 13.7. The summed E-state index contributed by atoms with van der Waals surface area (Å²) in [5, 5.41) is 3.86. The number of para-hydroxylation sites is 1. The van der Waals surface area contributed by atoms with Gasteiger partial charge in [0.25, 0.3) is 5.91 Å². The van der Waals surface area contributed by atoms with Crippen LogP contribution in [0.2, 0.25) is 0 Å². The average Bonchev–Trinajstić information content (AvgIpc) is 3.49. The van der Waals surface area contributed by atoms with Gasteiger partial charge in [0, 0.05) is 41.3 Å². The van der Waals surface area contributed by atoms with Gasteiger partial charge in [0.1, 0.15) is 0 Å². The molecule has 1 aromatic heterocycles. The van der Waals surface area contributed by atoms with Crippen LogP contribution in [-0.4, -0.2) is 23.3 Å². The number of aromatic nitrogens is 1. The summed E-state index contributed by atoms with van der Waals surface area (Å²) in [5.41, 5.74) is 4.12. The second-order valence-electron chi connectivity index (χ2n) is 7.54. The van der Waals surface area contributed by atoms with Gasteiger partial charge in [-0.1, -0.05) is 18.2 Å². The van der Waals surface area contributed by atoms with Crippen molar-refractivity contribution in [1.29, 1.82) is 0 Å². The van der Waals surface area contributed by atoms with Gasteiger partial charge in [-0.05, 0) is 55.7 Å². The molecule has 0 radical (unpaired) electrons. The van der Waals surface area contributed by atoms with Crippen LogP contribution in [-0.2, 0) is 4.79 Å². The molecule has 1 saturated heterocycles. The Morgan fingerprint density at radius 1 is 1.07 bits per heavy atom. The van der Waals surface area contributed by atoms with Crippen molar-refractivity contribution in [2.75, 3.05) is 16.8 Å². The number of rotatable bonds is 4. The van der Waals surface area contributed by atoms with Crippen LogP contribution in [0, 0.1) is 0 Å². The fourth-order valence-corrected chi connectivity index (χ4v) is 3.82. The van der Waals surface area contributed by atoms with Crippen molar-refractivity contribution < 1.29 is 9.59 Å². The topological polar surface area (TPSA) is 62.3 Å². The van der Waals surface area contributed by atoms with Crippen molar-refractivity contribution in [2.45, 2.75) is 31.6 Å². The average molecular weight is 371 g/mol. The molecule has 5 rings (SSSR count). The van der Waals surface area contributed by atoms with Gasteiger partial charge in [-0.2, -0.15) is 0 Å². The maximum atomic E-state index is 13.0. The number of amides is 2. The van der Waals surface area contributed by atoms with Crippen molar-refractivity contribution >= 4 is 34.1 Å². The molecule has 3 aromatic rings. The molecule has 2 aliphatic rings. The van der Waals surface area contributed by atoms with E-state index in [1.807, 2.05) is 54.6 Å². The van der Waals surface area contributed by atoms with Gasteiger partial charge >= 0.3 is 0 Å². The van der Waals surface area contributed by atoms with E-state index in [9.17, 15) is 9.59 Å². The molecular formula is C23H21N3O2. The number of carbonyl (C=O) groups is 2. The number of fused-ring (bicyclic) bond motifs is 1. The van der Waals surface area contributed by atoms with E-state index < -0.39 is 0 Å². The quantitative estimate of drug-likeness (QED) is 0.735. The normalized spacial score (nSPS) is 16.6. The van der Waals surface area contributed by atoms with Crippen LogP contribution < -0.4 is 10.2 Å². The number of hydrogen-bond acceptors (Lipinski definition) is 3. The maximum absolute atomic E-state index is 13.0. The van der Waals surface area contributed by atoms with E-state index in [4.69, 9.17) is 4.98 Å². The third kappa shape index (κ3) is 3.13. The zero-order valence-corrected chi connectivity index (χ0v) is 15.5. The molecule has 0 unspecified atom stereocenters. The predicted molar refractivity (Wildman–Crippen MR) is 110 cm³/mol. The molecule has 28 heavy (non-hydrogen) atoms. The monoisotopic (exact) mass is 371 g/mol. The number of hydrogen-bond donors (Lipinski definition) is 1. The van der Waals surface area contributed by atoms with E-state index in [1.54, 1.807) is 4.90 Å². The smallest absolute Gasteiger partial charge is 0.256 e. The zero-order chi connectivity index (χ0) is 19.1. The Hall–Kier alpha value is -3.21. The summed E-state index contributed by atoms with van der Waals surface area (Å²) in [6.07, 6.45) is 3.79. The van der Waals surface area contributed by atoms with E-state index >= 15 is 0 Å². The van der Waals surface area contributed by atoms with Crippen molar-refractivity contribution in [2.24, 2.45) is 0 Å².